The molecule has 0 heterocycles. The Balaban J connectivity index is 0.00000242. The summed E-state index contributed by atoms with van der Waals surface area (Å²) in [7, 11) is -9.49. The molecule has 0 amide bonds. The first-order valence-electron chi connectivity index (χ1n) is 5.43. The van der Waals surface area contributed by atoms with E-state index in [2.05, 4.69) is 8.37 Å². The predicted octanol–water partition coefficient (Wildman–Crippen LogP) is -1.48. The van der Waals surface area contributed by atoms with Crippen molar-refractivity contribution < 1.29 is 63.9 Å². The van der Waals surface area contributed by atoms with Gasteiger partial charge in [-0.25, -0.2) is 0 Å². The van der Waals surface area contributed by atoms with Gasteiger partial charge < -0.3 is 8.37 Å². The number of hydrogen-bond donors (Lipinski definition) is 2. The van der Waals surface area contributed by atoms with Crippen LogP contribution in [0.5, 0.6) is 11.5 Å². The molecule has 2 N–H and O–H groups in total. The van der Waals surface area contributed by atoms with Crippen molar-refractivity contribution in [3.05, 3.63) is 35.9 Å². The molecular weight excluding hydrogens is 347 g/mol. The van der Waals surface area contributed by atoms with Gasteiger partial charge in [-0.3, -0.25) is 9.11 Å². The van der Waals surface area contributed by atoms with E-state index in [1.165, 1.54) is 19.1 Å². The van der Waals surface area contributed by atoms with Crippen LogP contribution in [0.4, 0.5) is 0 Å². The summed E-state index contributed by atoms with van der Waals surface area (Å²) in [5.74, 6) is -0.371. The first-order chi connectivity index (χ1) is 9.57. The second-order valence-electron chi connectivity index (χ2n) is 4.09. The molecule has 0 fully saturated rings. The van der Waals surface area contributed by atoms with Gasteiger partial charge in [-0.1, -0.05) is 24.3 Å². The average molecular weight is 357 g/mol. The first kappa shape index (κ1) is 19.2. The van der Waals surface area contributed by atoms with Crippen molar-refractivity contribution in [1.29, 1.82) is 0 Å². The molecule has 11 heteroatoms. The second kappa shape index (κ2) is 6.71. The maximum atomic E-state index is 10.9. The van der Waals surface area contributed by atoms with Crippen LogP contribution in [0.1, 0.15) is 5.56 Å². The minimum Gasteiger partial charge on any atom is -0.361 e. The van der Waals surface area contributed by atoms with Crippen LogP contribution in [0.3, 0.4) is 0 Å². The molecule has 2 aromatic rings. The molecule has 0 bridgehead atoms. The summed E-state index contributed by atoms with van der Waals surface area (Å²) < 4.78 is 69.9. The zero-order chi connectivity index (χ0) is 15.8. The van der Waals surface area contributed by atoms with Gasteiger partial charge in [0.15, 0.2) is 11.5 Å². The van der Waals surface area contributed by atoms with Gasteiger partial charge in [-0.05, 0) is 18.6 Å². The average Bonchev–Trinajstić information content (AvgIpc) is 2.31. The van der Waals surface area contributed by atoms with Crippen LogP contribution < -0.4 is 37.9 Å². The van der Waals surface area contributed by atoms with E-state index in [0.29, 0.717) is 0 Å². The molecule has 0 aliphatic carbocycles. The molecule has 0 atom stereocenters. The normalized spacial score (nSPS) is 11.8. The Bertz CT molecular complexity index is 905. The Morgan fingerprint density at radius 3 is 1.91 bits per heavy atom. The standard InChI is InChI=1S/C11H10O8S2.Na/c1-7-6-10(18-20(12,13)14)8-4-2-3-5-9(8)11(7)19-21(15,16)17;/h2-6H,1H3,(H,12,13,14)(H,15,16,17);/q;+1. The van der Waals surface area contributed by atoms with Crippen molar-refractivity contribution in [2.24, 2.45) is 0 Å². The maximum absolute atomic E-state index is 10.9. The molecule has 0 aliphatic rings. The van der Waals surface area contributed by atoms with Gasteiger partial charge >= 0.3 is 50.4 Å². The molecule has 0 spiro atoms. The molecule has 2 rings (SSSR count). The number of aryl methyl sites for hydroxylation is 1. The third kappa shape index (κ3) is 4.81. The molecular formula is C11H10NaO8S2+. The molecule has 0 saturated heterocycles. The Morgan fingerprint density at radius 1 is 0.909 bits per heavy atom. The van der Waals surface area contributed by atoms with Gasteiger partial charge in [0.05, 0.1) is 0 Å². The van der Waals surface area contributed by atoms with Gasteiger partial charge in [-0.2, -0.15) is 16.8 Å². The van der Waals surface area contributed by atoms with Crippen molar-refractivity contribution in [2.75, 3.05) is 0 Å². The summed E-state index contributed by atoms with van der Waals surface area (Å²) >= 11 is 0. The van der Waals surface area contributed by atoms with Crippen molar-refractivity contribution in [3.63, 3.8) is 0 Å². The molecule has 114 valence electrons. The summed E-state index contributed by atoms with van der Waals surface area (Å²) in [6, 6.07) is 7.14. The molecule has 8 nitrogen and oxygen atoms in total. The Morgan fingerprint density at radius 2 is 1.41 bits per heavy atom. The maximum Gasteiger partial charge on any atom is 1.00 e. The fourth-order valence-corrected chi connectivity index (χ4v) is 2.64. The van der Waals surface area contributed by atoms with Gasteiger partial charge in [0, 0.05) is 10.8 Å². The summed E-state index contributed by atoms with van der Waals surface area (Å²) in [6.45, 7) is 1.42. The molecule has 2 aromatic carbocycles. The third-order valence-corrected chi connectivity index (χ3v) is 3.29. The fraction of sp³-hybridized carbons (Fsp3) is 0.0909. The van der Waals surface area contributed by atoms with E-state index in [1.54, 1.807) is 12.1 Å². The zero-order valence-electron chi connectivity index (χ0n) is 11.5. The predicted molar refractivity (Wildman–Crippen MR) is 73.0 cm³/mol. The molecule has 22 heavy (non-hydrogen) atoms. The van der Waals surface area contributed by atoms with Crippen LogP contribution >= 0.6 is 0 Å². The SMILES string of the molecule is Cc1cc(OS(=O)(=O)O)c2ccccc2c1OS(=O)(=O)O.[Na+]. The fourth-order valence-electron chi connectivity index (χ4n) is 1.85. The van der Waals surface area contributed by atoms with Crippen molar-refractivity contribution >= 4 is 31.6 Å². The van der Waals surface area contributed by atoms with E-state index in [4.69, 9.17) is 9.11 Å². The summed E-state index contributed by atoms with van der Waals surface area (Å²) in [6.07, 6.45) is 0. The number of benzene rings is 2. The summed E-state index contributed by atoms with van der Waals surface area (Å²) in [5, 5.41) is 0.369. The molecule has 0 aliphatic heterocycles. The monoisotopic (exact) mass is 357 g/mol. The van der Waals surface area contributed by atoms with E-state index in [9.17, 15) is 16.8 Å². The van der Waals surface area contributed by atoms with Crippen LogP contribution in [-0.2, 0) is 20.8 Å². The van der Waals surface area contributed by atoms with Crippen molar-refractivity contribution in [3.8, 4) is 11.5 Å². The van der Waals surface area contributed by atoms with E-state index in [-0.39, 0.29) is 57.4 Å². The molecule has 0 unspecified atom stereocenters. The van der Waals surface area contributed by atoms with E-state index in [0.717, 1.165) is 6.07 Å². The molecule has 0 radical (unpaired) electrons. The van der Waals surface area contributed by atoms with Crippen LogP contribution in [0, 0.1) is 6.92 Å². The van der Waals surface area contributed by atoms with E-state index >= 15 is 0 Å². The van der Waals surface area contributed by atoms with Crippen molar-refractivity contribution in [1.82, 2.24) is 0 Å². The minimum absolute atomic E-state index is 0. The Kier molecular flexibility index (Phi) is 5.84. The van der Waals surface area contributed by atoms with Crippen LogP contribution in [0.2, 0.25) is 0 Å². The van der Waals surface area contributed by atoms with Crippen molar-refractivity contribution in [2.45, 2.75) is 6.92 Å². The minimum atomic E-state index is -4.75. The number of hydrogen-bond acceptors (Lipinski definition) is 6. The van der Waals surface area contributed by atoms with Gasteiger partial charge in [0.25, 0.3) is 0 Å². The van der Waals surface area contributed by atoms with Crippen LogP contribution in [0.15, 0.2) is 30.3 Å². The smallest absolute Gasteiger partial charge is 0.361 e. The van der Waals surface area contributed by atoms with Crippen LogP contribution in [0.25, 0.3) is 10.8 Å². The van der Waals surface area contributed by atoms with Crippen LogP contribution in [-0.4, -0.2) is 25.9 Å². The topological polar surface area (TPSA) is 127 Å². The first-order valence-corrected chi connectivity index (χ1v) is 8.16. The summed E-state index contributed by atoms with van der Waals surface area (Å²) in [5.41, 5.74) is 0.185. The summed E-state index contributed by atoms with van der Waals surface area (Å²) in [4.78, 5) is 0. The van der Waals surface area contributed by atoms with Gasteiger partial charge in [0.1, 0.15) is 0 Å². The number of fused-ring (bicyclic) bond motifs is 1. The Labute approximate surface area is 149 Å². The molecule has 0 aromatic heterocycles. The zero-order valence-corrected chi connectivity index (χ0v) is 15.2. The van der Waals surface area contributed by atoms with E-state index in [1.807, 2.05) is 0 Å². The quantitative estimate of drug-likeness (QED) is 0.501. The Hall–Kier alpha value is -0.880. The largest absolute Gasteiger partial charge is 1.00 e. The second-order valence-corrected chi connectivity index (χ2v) is 6.13. The molecule has 0 saturated carbocycles. The third-order valence-electron chi connectivity index (χ3n) is 2.53. The van der Waals surface area contributed by atoms with E-state index < -0.39 is 20.8 Å². The van der Waals surface area contributed by atoms with Gasteiger partial charge in [-0.15, -0.1) is 0 Å². The van der Waals surface area contributed by atoms with Gasteiger partial charge in [0.2, 0.25) is 0 Å². The number of rotatable bonds is 4.